The zero-order valence-corrected chi connectivity index (χ0v) is 5.85. The molecule has 0 fully saturated rings. The van der Waals surface area contributed by atoms with Crippen molar-refractivity contribution in [1.29, 1.82) is 0 Å². The van der Waals surface area contributed by atoms with Crippen LogP contribution in [0.25, 0.3) is 0 Å². The van der Waals surface area contributed by atoms with Crippen LogP contribution in [0.2, 0.25) is 0 Å². The summed E-state index contributed by atoms with van der Waals surface area (Å²) in [5, 5.41) is 17.4. The fraction of sp³-hybridized carbons (Fsp3) is 0.600. The van der Waals surface area contributed by atoms with Gasteiger partial charge >= 0.3 is 5.97 Å². The molecular weight excluding hydrogens is 154 g/mol. The first-order valence-electron chi connectivity index (χ1n) is 2.74. The molecule has 4 N–H and O–H groups in total. The molecule has 0 aliphatic carbocycles. The number of methoxy groups -OCH3 is 1. The zero-order chi connectivity index (χ0) is 9.02. The van der Waals surface area contributed by atoms with Crippen molar-refractivity contribution in [1.82, 2.24) is 0 Å². The number of aliphatic hydroxyl groups is 2. The number of hydrogen-bond donors (Lipinski definition) is 3. The molecule has 0 aliphatic rings. The van der Waals surface area contributed by atoms with E-state index in [9.17, 15) is 9.59 Å². The third-order valence-corrected chi connectivity index (χ3v) is 1.03. The molecule has 0 aromatic heterocycles. The first kappa shape index (κ1) is 9.86. The van der Waals surface area contributed by atoms with Crippen LogP contribution in [0.4, 0.5) is 0 Å². The average molecular weight is 163 g/mol. The summed E-state index contributed by atoms with van der Waals surface area (Å²) in [5.41, 5.74) is 4.57. The highest BCUT2D eigenvalue weighted by molar-refractivity contribution is 5.87. The van der Waals surface area contributed by atoms with Crippen LogP contribution in [0.1, 0.15) is 0 Å². The van der Waals surface area contributed by atoms with Crippen molar-refractivity contribution >= 4 is 11.9 Å². The lowest BCUT2D eigenvalue weighted by Crippen LogP contribution is -2.43. The molecule has 0 aliphatic heterocycles. The van der Waals surface area contributed by atoms with Crippen LogP contribution in [0.3, 0.4) is 0 Å². The van der Waals surface area contributed by atoms with Gasteiger partial charge in [-0.25, -0.2) is 4.79 Å². The van der Waals surface area contributed by atoms with Gasteiger partial charge in [-0.3, -0.25) is 4.79 Å². The molecule has 0 saturated heterocycles. The largest absolute Gasteiger partial charge is 0.467 e. The van der Waals surface area contributed by atoms with Crippen LogP contribution in [0.5, 0.6) is 0 Å². The van der Waals surface area contributed by atoms with E-state index < -0.39 is 24.1 Å². The third kappa shape index (κ3) is 2.52. The predicted molar refractivity (Wildman–Crippen MR) is 33.2 cm³/mol. The number of esters is 1. The van der Waals surface area contributed by atoms with E-state index in [0.717, 1.165) is 7.11 Å². The highest BCUT2D eigenvalue weighted by Gasteiger charge is 2.28. The Kier molecular flexibility index (Phi) is 3.49. The summed E-state index contributed by atoms with van der Waals surface area (Å²) < 4.78 is 4.03. The van der Waals surface area contributed by atoms with Gasteiger partial charge < -0.3 is 20.7 Å². The molecule has 6 heteroatoms. The molecule has 0 bridgehead atoms. The summed E-state index contributed by atoms with van der Waals surface area (Å²) in [4.78, 5) is 20.6. The quantitative estimate of drug-likeness (QED) is 0.394. The molecule has 0 rings (SSSR count). The Hall–Kier alpha value is -1.14. The van der Waals surface area contributed by atoms with E-state index in [1.54, 1.807) is 0 Å². The van der Waals surface area contributed by atoms with Crippen LogP contribution >= 0.6 is 0 Å². The van der Waals surface area contributed by atoms with Crippen molar-refractivity contribution in [2.24, 2.45) is 5.73 Å². The minimum absolute atomic E-state index is 1.01. The fourth-order valence-electron chi connectivity index (χ4n) is 0.405. The van der Waals surface area contributed by atoms with Gasteiger partial charge in [0.05, 0.1) is 7.11 Å². The van der Waals surface area contributed by atoms with Gasteiger partial charge in [-0.2, -0.15) is 0 Å². The third-order valence-electron chi connectivity index (χ3n) is 1.03. The molecule has 6 nitrogen and oxygen atoms in total. The molecule has 64 valence electrons. The summed E-state index contributed by atoms with van der Waals surface area (Å²) in [6.45, 7) is 0. The lowest BCUT2D eigenvalue weighted by atomic mass is 10.2. The molecule has 0 aromatic rings. The first-order valence-corrected chi connectivity index (χ1v) is 2.74. The normalized spacial score (nSPS) is 15.2. The molecule has 0 saturated carbocycles. The van der Waals surface area contributed by atoms with Crippen molar-refractivity contribution < 1.29 is 24.5 Å². The Balaban J connectivity index is 4.12. The average Bonchev–Trinajstić information content (AvgIpc) is 2.00. The standard InChI is InChI=1S/C5H9NO5/c1-11-5(10)3(8)2(7)4(6)9/h2-3,7-8H,1H3,(H2,6,9)/t2-,3-/m1/s1. The number of carbonyl (C=O) groups is 2. The lowest BCUT2D eigenvalue weighted by Gasteiger charge is -2.11. The van der Waals surface area contributed by atoms with E-state index in [-0.39, 0.29) is 0 Å². The summed E-state index contributed by atoms with van der Waals surface area (Å²) in [6.07, 6.45) is -3.82. The smallest absolute Gasteiger partial charge is 0.338 e. The Morgan fingerprint density at radius 1 is 1.36 bits per heavy atom. The summed E-state index contributed by atoms with van der Waals surface area (Å²) in [5.74, 6) is -2.28. The molecule has 0 aromatic carbocycles. The van der Waals surface area contributed by atoms with Crippen molar-refractivity contribution in [3.63, 3.8) is 0 Å². The molecule has 2 atom stereocenters. The maximum atomic E-state index is 10.4. The minimum Gasteiger partial charge on any atom is -0.467 e. The molecule has 0 spiro atoms. The minimum atomic E-state index is -1.91. The van der Waals surface area contributed by atoms with Gasteiger partial charge in [0, 0.05) is 0 Å². The van der Waals surface area contributed by atoms with Crippen molar-refractivity contribution in [2.75, 3.05) is 7.11 Å². The van der Waals surface area contributed by atoms with Gasteiger partial charge in [0.1, 0.15) is 0 Å². The highest BCUT2D eigenvalue weighted by Crippen LogP contribution is 1.94. The fourth-order valence-corrected chi connectivity index (χ4v) is 0.405. The maximum absolute atomic E-state index is 10.4. The molecule has 0 radical (unpaired) electrons. The number of rotatable bonds is 3. The highest BCUT2D eigenvalue weighted by atomic mass is 16.5. The van der Waals surface area contributed by atoms with Crippen molar-refractivity contribution in [3.8, 4) is 0 Å². The molecule has 1 amide bonds. The number of nitrogens with two attached hydrogens (primary N) is 1. The molecule has 0 heterocycles. The summed E-state index contributed by atoms with van der Waals surface area (Å²) in [7, 11) is 1.01. The zero-order valence-electron chi connectivity index (χ0n) is 5.85. The van der Waals surface area contributed by atoms with E-state index in [2.05, 4.69) is 10.5 Å². The van der Waals surface area contributed by atoms with Crippen molar-refractivity contribution in [2.45, 2.75) is 12.2 Å². The molecule has 0 unspecified atom stereocenters. The second-order valence-electron chi connectivity index (χ2n) is 1.82. The number of aliphatic hydroxyl groups excluding tert-OH is 2. The van der Waals surface area contributed by atoms with Crippen LogP contribution < -0.4 is 5.73 Å². The second kappa shape index (κ2) is 3.89. The van der Waals surface area contributed by atoms with Crippen LogP contribution in [-0.4, -0.2) is 41.4 Å². The summed E-state index contributed by atoms with van der Waals surface area (Å²) >= 11 is 0. The van der Waals surface area contributed by atoms with Gasteiger partial charge in [0.15, 0.2) is 12.2 Å². The van der Waals surface area contributed by atoms with E-state index in [0.29, 0.717) is 0 Å². The predicted octanol–water partition coefficient (Wildman–Crippen LogP) is -2.63. The van der Waals surface area contributed by atoms with Crippen LogP contribution in [0.15, 0.2) is 0 Å². The first-order chi connectivity index (χ1) is 5.00. The number of amides is 1. The van der Waals surface area contributed by atoms with E-state index in [1.165, 1.54) is 0 Å². The topological polar surface area (TPSA) is 110 Å². The van der Waals surface area contributed by atoms with Gasteiger partial charge in [0.2, 0.25) is 5.91 Å². The SMILES string of the molecule is COC(=O)[C@H](O)[C@@H](O)C(N)=O. The van der Waals surface area contributed by atoms with Crippen LogP contribution in [0, 0.1) is 0 Å². The van der Waals surface area contributed by atoms with Crippen LogP contribution in [-0.2, 0) is 14.3 Å². The lowest BCUT2D eigenvalue weighted by molar-refractivity contribution is -0.160. The Morgan fingerprint density at radius 2 is 1.82 bits per heavy atom. The molecule has 11 heavy (non-hydrogen) atoms. The van der Waals surface area contributed by atoms with Gasteiger partial charge in [0.25, 0.3) is 0 Å². The van der Waals surface area contributed by atoms with E-state index >= 15 is 0 Å². The Labute approximate surface area is 62.6 Å². The number of primary amides is 1. The summed E-state index contributed by atoms with van der Waals surface area (Å²) in [6, 6.07) is 0. The Morgan fingerprint density at radius 3 is 2.09 bits per heavy atom. The Bertz CT molecular complexity index is 168. The maximum Gasteiger partial charge on any atom is 0.338 e. The van der Waals surface area contributed by atoms with E-state index in [4.69, 9.17) is 10.2 Å². The van der Waals surface area contributed by atoms with Gasteiger partial charge in [-0.1, -0.05) is 0 Å². The van der Waals surface area contributed by atoms with Gasteiger partial charge in [-0.15, -0.1) is 0 Å². The van der Waals surface area contributed by atoms with E-state index in [1.807, 2.05) is 0 Å². The number of ether oxygens (including phenoxy) is 1. The molecular formula is C5H9NO5. The van der Waals surface area contributed by atoms with Crippen molar-refractivity contribution in [3.05, 3.63) is 0 Å². The monoisotopic (exact) mass is 163 g/mol. The second-order valence-corrected chi connectivity index (χ2v) is 1.82. The number of hydrogen-bond acceptors (Lipinski definition) is 5. The van der Waals surface area contributed by atoms with Gasteiger partial charge in [-0.05, 0) is 0 Å². The number of carbonyl (C=O) groups excluding carboxylic acids is 2.